The zero-order valence-electron chi connectivity index (χ0n) is 6.63. The fraction of sp³-hybridized carbons (Fsp3) is 1.00. The van der Waals surface area contributed by atoms with Crippen molar-refractivity contribution in [1.29, 1.82) is 0 Å². The molecule has 0 saturated carbocycles. The number of hydrogen-bond acceptors (Lipinski definition) is 2. The van der Waals surface area contributed by atoms with Crippen molar-refractivity contribution in [2.45, 2.75) is 20.0 Å². The maximum Gasteiger partial charge on any atom is 0.108 e. The third-order valence-corrected chi connectivity index (χ3v) is 1.07. The Balaban J connectivity index is 2.89. The fourth-order valence-electron chi connectivity index (χ4n) is 0.501. The molecule has 3 heteroatoms. The molecule has 0 N–H and O–H groups in total. The second-order valence-electron chi connectivity index (χ2n) is 2.04. The molecule has 0 aromatic carbocycles. The van der Waals surface area contributed by atoms with Crippen LogP contribution in [0.2, 0.25) is 0 Å². The zero-order chi connectivity index (χ0) is 7.82. The van der Waals surface area contributed by atoms with Crippen LogP contribution in [0, 0.1) is 0 Å². The minimum atomic E-state index is -0.180. The molecular formula is C7H15O3. The van der Waals surface area contributed by atoms with Gasteiger partial charge in [-0.1, -0.05) is 0 Å². The van der Waals surface area contributed by atoms with E-state index in [-0.39, 0.29) is 12.7 Å². The highest BCUT2D eigenvalue weighted by atomic mass is 16.5. The van der Waals surface area contributed by atoms with Gasteiger partial charge in [-0.3, -0.25) is 0 Å². The molecule has 1 unspecified atom stereocenters. The molecule has 0 fully saturated rings. The van der Waals surface area contributed by atoms with Crippen LogP contribution in [-0.2, 0) is 14.6 Å². The first kappa shape index (κ1) is 9.88. The normalized spacial score (nSPS) is 13.5. The summed E-state index contributed by atoms with van der Waals surface area (Å²) in [6, 6.07) is 0. The van der Waals surface area contributed by atoms with Gasteiger partial charge in [-0.15, -0.1) is 0 Å². The van der Waals surface area contributed by atoms with Gasteiger partial charge in [-0.2, -0.15) is 0 Å². The van der Waals surface area contributed by atoms with E-state index in [9.17, 15) is 5.11 Å². The maximum absolute atomic E-state index is 10.1. The first-order chi connectivity index (χ1) is 4.81. The Morgan fingerprint density at radius 3 is 2.60 bits per heavy atom. The van der Waals surface area contributed by atoms with Crippen LogP contribution >= 0.6 is 0 Å². The summed E-state index contributed by atoms with van der Waals surface area (Å²) >= 11 is 0. The molecule has 0 saturated heterocycles. The summed E-state index contributed by atoms with van der Waals surface area (Å²) in [7, 11) is 0. The lowest BCUT2D eigenvalue weighted by Gasteiger charge is -2.07. The molecule has 0 aromatic rings. The Morgan fingerprint density at radius 2 is 2.10 bits per heavy atom. The van der Waals surface area contributed by atoms with E-state index in [1.807, 2.05) is 6.92 Å². The SMILES string of the molecule is CCOCCOC(C)C[O]. The average molecular weight is 147 g/mol. The summed E-state index contributed by atoms with van der Waals surface area (Å²) < 4.78 is 10.1. The summed E-state index contributed by atoms with van der Waals surface area (Å²) in [6.45, 7) is 5.33. The van der Waals surface area contributed by atoms with Gasteiger partial charge < -0.3 is 9.47 Å². The first-order valence-corrected chi connectivity index (χ1v) is 3.58. The Labute approximate surface area is 62.0 Å². The van der Waals surface area contributed by atoms with Crippen molar-refractivity contribution in [1.82, 2.24) is 0 Å². The third-order valence-electron chi connectivity index (χ3n) is 1.07. The zero-order valence-corrected chi connectivity index (χ0v) is 6.63. The summed E-state index contributed by atoms with van der Waals surface area (Å²) in [5.74, 6) is 0. The molecule has 3 nitrogen and oxygen atoms in total. The van der Waals surface area contributed by atoms with Crippen LogP contribution in [0.5, 0.6) is 0 Å². The second-order valence-corrected chi connectivity index (χ2v) is 2.04. The van der Waals surface area contributed by atoms with Gasteiger partial charge in [0, 0.05) is 6.61 Å². The molecule has 10 heavy (non-hydrogen) atoms. The molecule has 0 spiro atoms. The molecule has 0 aliphatic heterocycles. The van der Waals surface area contributed by atoms with Crippen molar-refractivity contribution < 1.29 is 14.6 Å². The molecule has 0 aliphatic rings. The van der Waals surface area contributed by atoms with E-state index in [4.69, 9.17) is 9.47 Å². The van der Waals surface area contributed by atoms with Crippen LogP contribution in [-0.4, -0.2) is 32.5 Å². The van der Waals surface area contributed by atoms with E-state index >= 15 is 0 Å². The molecule has 0 amide bonds. The standard InChI is InChI=1S/C7H15O3/c1-3-9-4-5-10-7(2)6-8/h7H,3-6H2,1-2H3. The highest BCUT2D eigenvalue weighted by Crippen LogP contribution is 1.87. The van der Waals surface area contributed by atoms with Crippen molar-refractivity contribution in [2.75, 3.05) is 26.4 Å². The van der Waals surface area contributed by atoms with Crippen LogP contribution in [0.1, 0.15) is 13.8 Å². The Bertz CT molecular complexity index is 65.9. The van der Waals surface area contributed by atoms with Crippen molar-refractivity contribution in [3.8, 4) is 0 Å². The highest BCUT2D eigenvalue weighted by molar-refractivity contribution is 4.43. The second kappa shape index (κ2) is 6.99. The van der Waals surface area contributed by atoms with E-state index < -0.39 is 0 Å². The lowest BCUT2D eigenvalue weighted by molar-refractivity contribution is -0.0230. The van der Waals surface area contributed by atoms with E-state index in [0.29, 0.717) is 19.8 Å². The van der Waals surface area contributed by atoms with E-state index in [1.54, 1.807) is 6.92 Å². The van der Waals surface area contributed by atoms with Crippen molar-refractivity contribution in [2.24, 2.45) is 0 Å². The topological polar surface area (TPSA) is 38.4 Å². The van der Waals surface area contributed by atoms with Crippen LogP contribution in [0.4, 0.5) is 0 Å². The monoisotopic (exact) mass is 147 g/mol. The van der Waals surface area contributed by atoms with E-state index in [2.05, 4.69) is 0 Å². The minimum Gasteiger partial charge on any atom is -0.379 e. The first-order valence-electron chi connectivity index (χ1n) is 3.58. The van der Waals surface area contributed by atoms with Crippen molar-refractivity contribution in [3.05, 3.63) is 0 Å². The predicted molar refractivity (Wildman–Crippen MR) is 37.5 cm³/mol. The lowest BCUT2D eigenvalue weighted by atomic mass is 10.4. The van der Waals surface area contributed by atoms with Crippen LogP contribution in [0.15, 0.2) is 0 Å². The number of rotatable bonds is 6. The van der Waals surface area contributed by atoms with Crippen LogP contribution in [0.3, 0.4) is 0 Å². The molecule has 61 valence electrons. The minimum absolute atomic E-state index is 0.174. The smallest absolute Gasteiger partial charge is 0.108 e. The van der Waals surface area contributed by atoms with Gasteiger partial charge in [0.25, 0.3) is 0 Å². The van der Waals surface area contributed by atoms with Gasteiger partial charge >= 0.3 is 0 Å². The van der Waals surface area contributed by atoms with Crippen LogP contribution < -0.4 is 0 Å². The Hall–Kier alpha value is -0.120. The summed E-state index contributed by atoms with van der Waals surface area (Å²) in [5.41, 5.74) is 0. The van der Waals surface area contributed by atoms with E-state index in [1.165, 1.54) is 0 Å². The van der Waals surface area contributed by atoms with Gasteiger partial charge in [0.2, 0.25) is 0 Å². The summed E-state index contributed by atoms with van der Waals surface area (Å²) in [5, 5.41) is 10.1. The molecular weight excluding hydrogens is 132 g/mol. The van der Waals surface area contributed by atoms with Gasteiger partial charge in [0.05, 0.1) is 19.3 Å². The fourth-order valence-corrected chi connectivity index (χ4v) is 0.501. The Kier molecular flexibility index (Phi) is 6.91. The highest BCUT2D eigenvalue weighted by Gasteiger charge is 1.98. The van der Waals surface area contributed by atoms with Gasteiger partial charge in [0.1, 0.15) is 6.61 Å². The molecule has 0 heterocycles. The van der Waals surface area contributed by atoms with Gasteiger partial charge in [0.15, 0.2) is 0 Å². The molecule has 1 radical (unpaired) electrons. The molecule has 1 atom stereocenters. The number of ether oxygens (including phenoxy) is 2. The quantitative estimate of drug-likeness (QED) is 0.522. The Morgan fingerprint density at radius 1 is 1.40 bits per heavy atom. The van der Waals surface area contributed by atoms with Gasteiger partial charge in [-0.25, -0.2) is 5.11 Å². The molecule has 0 aliphatic carbocycles. The molecule has 0 bridgehead atoms. The van der Waals surface area contributed by atoms with Gasteiger partial charge in [-0.05, 0) is 13.8 Å². The van der Waals surface area contributed by atoms with Crippen molar-refractivity contribution in [3.63, 3.8) is 0 Å². The summed E-state index contributed by atoms with van der Waals surface area (Å²) in [6.07, 6.45) is -0.180. The van der Waals surface area contributed by atoms with Crippen LogP contribution in [0.25, 0.3) is 0 Å². The average Bonchev–Trinajstić information content (AvgIpc) is 1.98. The number of hydrogen-bond donors (Lipinski definition) is 0. The van der Waals surface area contributed by atoms with E-state index in [0.717, 1.165) is 0 Å². The largest absolute Gasteiger partial charge is 0.379 e. The molecule has 0 aromatic heterocycles. The van der Waals surface area contributed by atoms with Crippen molar-refractivity contribution >= 4 is 0 Å². The predicted octanol–water partition coefficient (Wildman–Crippen LogP) is 0.858. The maximum atomic E-state index is 10.1. The lowest BCUT2D eigenvalue weighted by Crippen LogP contribution is -2.15. The third kappa shape index (κ3) is 6.01. The molecule has 0 rings (SSSR count). The summed E-state index contributed by atoms with van der Waals surface area (Å²) in [4.78, 5) is 0.